The first-order chi connectivity index (χ1) is 8.61. The Morgan fingerprint density at radius 3 is 2.83 bits per heavy atom. The molecule has 0 saturated heterocycles. The monoisotopic (exact) mass is 247 g/mol. The number of Topliss-reactive ketones (excluding diaryl/α,β-unsaturated/α-hetero) is 1. The quantitative estimate of drug-likeness (QED) is 0.800. The maximum atomic E-state index is 12.1. The van der Waals surface area contributed by atoms with E-state index in [1.165, 1.54) is 5.56 Å². The highest BCUT2D eigenvalue weighted by Crippen LogP contribution is 2.31. The third-order valence-corrected chi connectivity index (χ3v) is 3.48. The number of likely N-dealkylation sites (N-methyl/N-ethyl adjacent to an activating group) is 1. The van der Waals surface area contributed by atoms with Crippen molar-refractivity contribution < 1.29 is 9.53 Å². The molecule has 1 aromatic carbocycles. The van der Waals surface area contributed by atoms with Gasteiger partial charge in [-0.2, -0.15) is 0 Å². The molecule has 0 radical (unpaired) electrons. The average molecular weight is 247 g/mol. The van der Waals surface area contributed by atoms with Crippen molar-refractivity contribution >= 4 is 5.78 Å². The van der Waals surface area contributed by atoms with Crippen LogP contribution in [0.3, 0.4) is 0 Å². The Labute approximate surface area is 109 Å². The lowest BCUT2D eigenvalue weighted by Gasteiger charge is -2.11. The average Bonchev–Trinajstić information content (AvgIpc) is 2.66. The van der Waals surface area contributed by atoms with E-state index in [1.54, 1.807) is 0 Å². The molecule has 0 heterocycles. The van der Waals surface area contributed by atoms with Gasteiger partial charge in [0.15, 0.2) is 5.78 Å². The molecule has 3 heteroatoms. The van der Waals surface area contributed by atoms with Gasteiger partial charge in [0.1, 0.15) is 12.4 Å². The van der Waals surface area contributed by atoms with Crippen LogP contribution in [0.1, 0.15) is 29.3 Å². The van der Waals surface area contributed by atoms with Crippen molar-refractivity contribution in [2.24, 2.45) is 5.92 Å². The van der Waals surface area contributed by atoms with Crippen LogP contribution in [0.25, 0.3) is 0 Å². The van der Waals surface area contributed by atoms with Gasteiger partial charge in [0.05, 0.1) is 0 Å². The summed E-state index contributed by atoms with van der Waals surface area (Å²) in [6.07, 6.45) is 1.81. The topological polar surface area (TPSA) is 29.5 Å². The second-order valence-electron chi connectivity index (χ2n) is 5.14. The number of carbonyl (C=O) groups excluding carboxylic acids is 1. The molecule has 0 aromatic heterocycles. The van der Waals surface area contributed by atoms with Crippen molar-refractivity contribution in [3.05, 3.63) is 29.3 Å². The molecule has 18 heavy (non-hydrogen) atoms. The fraction of sp³-hybridized carbons (Fsp3) is 0.533. The van der Waals surface area contributed by atoms with E-state index in [2.05, 4.69) is 11.8 Å². The minimum Gasteiger partial charge on any atom is -0.492 e. The molecule has 1 aliphatic carbocycles. The molecule has 0 fully saturated rings. The lowest BCUT2D eigenvalue weighted by Crippen LogP contribution is -2.19. The highest BCUT2D eigenvalue weighted by molar-refractivity contribution is 6.02. The first-order valence-electron chi connectivity index (χ1n) is 6.56. The zero-order chi connectivity index (χ0) is 13.1. The van der Waals surface area contributed by atoms with Gasteiger partial charge in [-0.3, -0.25) is 4.79 Å². The lowest BCUT2D eigenvalue weighted by atomic mass is 10.0. The molecule has 1 atom stereocenters. The Bertz CT molecular complexity index is 440. The number of rotatable bonds is 5. The van der Waals surface area contributed by atoms with Crippen molar-refractivity contribution in [1.29, 1.82) is 0 Å². The number of ether oxygens (including phenoxy) is 1. The van der Waals surface area contributed by atoms with E-state index in [9.17, 15) is 4.79 Å². The third kappa shape index (κ3) is 2.72. The fourth-order valence-corrected chi connectivity index (χ4v) is 2.31. The molecule has 1 aliphatic rings. The number of ketones is 1. The van der Waals surface area contributed by atoms with Crippen LogP contribution in [0.2, 0.25) is 0 Å². The number of benzene rings is 1. The Kier molecular flexibility index (Phi) is 4.02. The normalized spacial score (nSPS) is 18.2. The molecule has 0 amide bonds. The lowest BCUT2D eigenvalue weighted by molar-refractivity contribution is 0.0933. The van der Waals surface area contributed by atoms with Gasteiger partial charge in [0, 0.05) is 18.0 Å². The number of hydrogen-bond donors (Lipinski definition) is 0. The summed E-state index contributed by atoms with van der Waals surface area (Å²) < 4.78 is 5.67. The van der Waals surface area contributed by atoms with Crippen LogP contribution in [0, 0.1) is 5.92 Å². The standard InChI is InChI=1S/C15H21NO2/c1-4-11-9-12-5-6-13(10-14(12)15(11)17)18-8-7-16(2)3/h5-6,10-11H,4,7-9H2,1-3H3. The second-order valence-corrected chi connectivity index (χ2v) is 5.14. The van der Waals surface area contributed by atoms with Crippen LogP contribution in [-0.2, 0) is 6.42 Å². The zero-order valence-electron chi connectivity index (χ0n) is 11.4. The van der Waals surface area contributed by atoms with Crippen LogP contribution in [-0.4, -0.2) is 37.9 Å². The Morgan fingerprint density at radius 1 is 1.39 bits per heavy atom. The largest absolute Gasteiger partial charge is 0.492 e. The third-order valence-electron chi connectivity index (χ3n) is 3.48. The fourth-order valence-electron chi connectivity index (χ4n) is 2.31. The van der Waals surface area contributed by atoms with Gasteiger partial charge in [0.25, 0.3) is 0 Å². The zero-order valence-corrected chi connectivity index (χ0v) is 11.4. The van der Waals surface area contributed by atoms with E-state index >= 15 is 0 Å². The smallest absolute Gasteiger partial charge is 0.166 e. The van der Waals surface area contributed by atoms with E-state index < -0.39 is 0 Å². The Balaban J connectivity index is 2.05. The molecule has 0 spiro atoms. The molecule has 2 rings (SSSR count). The molecule has 1 aromatic rings. The van der Waals surface area contributed by atoms with Crippen molar-refractivity contribution in [3.8, 4) is 5.75 Å². The number of carbonyl (C=O) groups is 1. The van der Waals surface area contributed by atoms with Gasteiger partial charge in [-0.1, -0.05) is 13.0 Å². The highest BCUT2D eigenvalue weighted by Gasteiger charge is 2.29. The van der Waals surface area contributed by atoms with Gasteiger partial charge in [-0.25, -0.2) is 0 Å². The SMILES string of the molecule is CCC1Cc2ccc(OCCN(C)C)cc2C1=O. The van der Waals surface area contributed by atoms with E-state index in [0.29, 0.717) is 6.61 Å². The molecule has 0 saturated carbocycles. The van der Waals surface area contributed by atoms with Crippen molar-refractivity contribution in [2.45, 2.75) is 19.8 Å². The Hall–Kier alpha value is -1.35. The predicted molar refractivity (Wildman–Crippen MR) is 72.3 cm³/mol. The highest BCUT2D eigenvalue weighted by atomic mass is 16.5. The van der Waals surface area contributed by atoms with Crippen molar-refractivity contribution in [1.82, 2.24) is 4.90 Å². The summed E-state index contributed by atoms with van der Waals surface area (Å²) in [4.78, 5) is 14.2. The van der Waals surface area contributed by atoms with E-state index in [-0.39, 0.29) is 11.7 Å². The minimum atomic E-state index is 0.178. The molecule has 3 nitrogen and oxygen atoms in total. The van der Waals surface area contributed by atoms with E-state index in [1.807, 2.05) is 32.3 Å². The van der Waals surface area contributed by atoms with Crippen LogP contribution in [0.4, 0.5) is 0 Å². The van der Waals surface area contributed by atoms with Gasteiger partial charge < -0.3 is 9.64 Å². The number of nitrogens with zero attached hydrogens (tertiary/aromatic N) is 1. The van der Waals surface area contributed by atoms with E-state index in [0.717, 1.165) is 30.7 Å². The van der Waals surface area contributed by atoms with Crippen molar-refractivity contribution in [2.75, 3.05) is 27.2 Å². The summed E-state index contributed by atoms with van der Waals surface area (Å²) in [6.45, 7) is 3.60. The first kappa shape index (κ1) is 13.1. The number of hydrogen-bond acceptors (Lipinski definition) is 3. The second kappa shape index (κ2) is 5.53. The molecule has 0 bridgehead atoms. The minimum absolute atomic E-state index is 0.178. The maximum absolute atomic E-state index is 12.1. The van der Waals surface area contributed by atoms with Gasteiger partial charge >= 0.3 is 0 Å². The molecule has 0 N–H and O–H groups in total. The molecule has 1 unspecified atom stereocenters. The maximum Gasteiger partial charge on any atom is 0.166 e. The molecule has 98 valence electrons. The summed E-state index contributed by atoms with van der Waals surface area (Å²) in [5.41, 5.74) is 2.04. The van der Waals surface area contributed by atoms with Gasteiger partial charge in [-0.15, -0.1) is 0 Å². The van der Waals surface area contributed by atoms with Gasteiger partial charge in [-0.05, 0) is 44.6 Å². The van der Waals surface area contributed by atoms with E-state index in [4.69, 9.17) is 4.74 Å². The summed E-state index contributed by atoms with van der Waals surface area (Å²) in [5, 5.41) is 0. The first-order valence-corrected chi connectivity index (χ1v) is 6.56. The molecular formula is C15H21NO2. The van der Waals surface area contributed by atoms with Crippen molar-refractivity contribution in [3.63, 3.8) is 0 Å². The summed E-state index contributed by atoms with van der Waals surface area (Å²) >= 11 is 0. The summed E-state index contributed by atoms with van der Waals surface area (Å²) in [6, 6.07) is 5.91. The molecular weight excluding hydrogens is 226 g/mol. The van der Waals surface area contributed by atoms with Crippen LogP contribution >= 0.6 is 0 Å². The Morgan fingerprint density at radius 2 is 2.17 bits per heavy atom. The summed E-state index contributed by atoms with van der Waals surface area (Å²) in [5.74, 6) is 1.27. The van der Waals surface area contributed by atoms with Gasteiger partial charge in [0.2, 0.25) is 0 Å². The van der Waals surface area contributed by atoms with Crippen LogP contribution < -0.4 is 4.74 Å². The summed E-state index contributed by atoms with van der Waals surface area (Å²) in [7, 11) is 4.03. The van der Waals surface area contributed by atoms with Crippen LogP contribution in [0.15, 0.2) is 18.2 Å². The molecule has 0 aliphatic heterocycles. The van der Waals surface area contributed by atoms with Crippen LogP contribution in [0.5, 0.6) is 5.75 Å². The number of fused-ring (bicyclic) bond motifs is 1. The predicted octanol–water partition coefficient (Wildman–Crippen LogP) is 2.39.